The molecule has 152 valence electrons. The van der Waals surface area contributed by atoms with Crippen LogP contribution in [0, 0.1) is 20.8 Å². The van der Waals surface area contributed by atoms with Crippen molar-refractivity contribution < 1.29 is 9.59 Å². The summed E-state index contributed by atoms with van der Waals surface area (Å²) >= 11 is 1.35. The summed E-state index contributed by atoms with van der Waals surface area (Å²) in [6, 6.07) is 13.2. The van der Waals surface area contributed by atoms with E-state index in [1.807, 2.05) is 10.5 Å². The number of ketones is 1. The second-order valence-electron chi connectivity index (χ2n) is 7.45. The molecule has 0 spiro atoms. The number of rotatable bonds is 5. The molecule has 4 rings (SSSR count). The second kappa shape index (κ2) is 7.91. The van der Waals surface area contributed by atoms with Crippen LogP contribution in [0.4, 0.5) is 5.69 Å². The summed E-state index contributed by atoms with van der Waals surface area (Å²) in [5, 5.41) is 13.3. The van der Waals surface area contributed by atoms with Gasteiger partial charge in [-0.1, -0.05) is 23.4 Å². The molecule has 0 saturated heterocycles. The van der Waals surface area contributed by atoms with Gasteiger partial charge in [-0.3, -0.25) is 14.0 Å². The van der Waals surface area contributed by atoms with Crippen molar-refractivity contribution in [3.8, 4) is 0 Å². The molecule has 0 radical (unpaired) electrons. The van der Waals surface area contributed by atoms with Gasteiger partial charge >= 0.3 is 0 Å². The summed E-state index contributed by atoms with van der Waals surface area (Å²) in [5.41, 5.74) is 6.63. The minimum absolute atomic E-state index is 0.00457. The Kier molecular flexibility index (Phi) is 5.30. The summed E-state index contributed by atoms with van der Waals surface area (Å²) in [6.07, 6.45) is 0. The van der Waals surface area contributed by atoms with Gasteiger partial charge in [-0.2, -0.15) is 0 Å². The molecule has 0 aliphatic heterocycles. The number of aryl methyl sites for hydroxylation is 3. The number of nitrogens with zero attached hydrogens (tertiary/aromatic N) is 3. The zero-order chi connectivity index (χ0) is 21.4. The molecule has 0 aliphatic rings. The Labute approximate surface area is 178 Å². The Balaban J connectivity index is 1.58. The van der Waals surface area contributed by atoms with Gasteiger partial charge in [0.15, 0.2) is 16.6 Å². The maximum Gasteiger partial charge on any atom is 0.234 e. The molecular weight excluding hydrogens is 396 g/mol. The van der Waals surface area contributed by atoms with E-state index in [-0.39, 0.29) is 17.4 Å². The van der Waals surface area contributed by atoms with Gasteiger partial charge in [0, 0.05) is 16.6 Å². The van der Waals surface area contributed by atoms with Gasteiger partial charge < -0.3 is 5.32 Å². The number of thioether (sulfide) groups is 1. The number of hydrogen-bond donors (Lipinski definition) is 1. The van der Waals surface area contributed by atoms with E-state index < -0.39 is 0 Å². The van der Waals surface area contributed by atoms with E-state index in [1.165, 1.54) is 24.2 Å². The lowest BCUT2D eigenvalue weighted by atomic mass is 10.0. The highest BCUT2D eigenvalue weighted by Gasteiger charge is 2.15. The average Bonchev–Trinajstić information content (AvgIpc) is 3.09. The molecule has 6 nitrogen and oxygen atoms in total. The van der Waals surface area contributed by atoms with Gasteiger partial charge in [0.25, 0.3) is 0 Å². The van der Waals surface area contributed by atoms with E-state index in [4.69, 9.17) is 0 Å². The highest BCUT2D eigenvalue weighted by molar-refractivity contribution is 7.99. The minimum Gasteiger partial charge on any atom is -0.325 e. The van der Waals surface area contributed by atoms with Crippen molar-refractivity contribution in [3.63, 3.8) is 0 Å². The summed E-state index contributed by atoms with van der Waals surface area (Å²) < 4.78 is 2.02. The minimum atomic E-state index is -0.142. The molecule has 30 heavy (non-hydrogen) atoms. The Bertz CT molecular complexity index is 1290. The Morgan fingerprint density at radius 1 is 1.00 bits per heavy atom. The Morgan fingerprint density at radius 2 is 1.73 bits per heavy atom. The van der Waals surface area contributed by atoms with Crippen molar-refractivity contribution in [2.24, 2.45) is 0 Å². The van der Waals surface area contributed by atoms with Gasteiger partial charge in [-0.05, 0) is 75.2 Å². The fourth-order valence-electron chi connectivity index (χ4n) is 3.62. The molecule has 4 aromatic rings. The van der Waals surface area contributed by atoms with Crippen LogP contribution in [0.1, 0.15) is 34.0 Å². The number of Topliss-reactive ketones (excluding diaryl/α,β-unsaturated/α-hetero) is 1. The number of aromatic nitrogens is 3. The quantitative estimate of drug-likeness (QED) is 0.374. The zero-order valence-electron chi connectivity index (χ0n) is 17.3. The fraction of sp³-hybridized carbons (Fsp3) is 0.217. The van der Waals surface area contributed by atoms with Gasteiger partial charge in [-0.25, -0.2) is 0 Å². The summed E-state index contributed by atoms with van der Waals surface area (Å²) in [5.74, 6) is 0.0570. The first-order valence-corrected chi connectivity index (χ1v) is 10.6. The van der Waals surface area contributed by atoms with Crippen molar-refractivity contribution >= 4 is 45.7 Å². The molecule has 2 aromatic carbocycles. The fourth-order valence-corrected chi connectivity index (χ4v) is 4.37. The highest BCUT2D eigenvalue weighted by Crippen LogP contribution is 2.29. The first-order valence-electron chi connectivity index (χ1n) is 9.63. The molecule has 1 amide bonds. The summed E-state index contributed by atoms with van der Waals surface area (Å²) in [4.78, 5) is 23.8. The molecule has 0 atom stereocenters. The van der Waals surface area contributed by atoms with Crippen LogP contribution in [0.15, 0.2) is 47.6 Å². The van der Waals surface area contributed by atoms with Crippen LogP contribution in [0.5, 0.6) is 0 Å². The predicted octanol–water partition coefficient (Wildman–Crippen LogP) is 4.74. The van der Waals surface area contributed by atoms with E-state index in [1.54, 1.807) is 24.3 Å². The molecule has 0 aliphatic carbocycles. The lowest BCUT2D eigenvalue weighted by molar-refractivity contribution is -0.113. The Morgan fingerprint density at radius 3 is 2.43 bits per heavy atom. The van der Waals surface area contributed by atoms with Crippen LogP contribution in [-0.2, 0) is 4.79 Å². The lowest BCUT2D eigenvalue weighted by Gasteiger charge is -2.11. The number of anilines is 1. The molecule has 2 aromatic heterocycles. The van der Waals surface area contributed by atoms with Gasteiger partial charge in [0.2, 0.25) is 5.91 Å². The standard InChI is InChI=1S/C23H22N4O2S/c1-13-9-15(3)22-19(10-13)14(2)11-20-25-26-23(27(20)22)30-12-21(29)24-18-7-5-17(6-8-18)16(4)28/h5-11H,12H2,1-4H3,(H,24,29). The maximum absolute atomic E-state index is 12.4. The second-order valence-corrected chi connectivity index (χ2v) is 8.39. The van der Waals surface area contributed by atoms with E-state index in [0.29, 0.717) is 16.4 Å². The molecule has 0 unspecified atom stereocenters. The number of carbonyl (C=O) groups is 2. The van der Waals surface area contributed by atoms with E-state index in [9.17, 15) is 9.59 Å². The molecular formula is C23H22N4O2S. The predicted molar refractivity (Wildman–Crippen MR) is 121 cm³/mol. The number of benzene rings is 2. The summed E-state index contributed by atoms with van der Waals surface area (Å²) in [6.45, 7) is 7.76. The average molecular weight is 419 g/mol. The number of pyridine rings is 1. The van der Waals surface area contributed by atoms with Crippen molar-refractivity contribution in [3.05, 3.63) is 64.7 Å². The molecule has 1 N–H and O–H groups in total. The van der Waals surface area contributed by atoms with E-state index >= 15 is 0 Å². The van der Waals surface area contributed by atoms with Crippen molar-refractivity contribution in [1.29, 1.82) is 0 Å². The molecule has 7 heteroatoms. The summed E-state index contributed by atoms with van der Waals surface area (Å²) in [7, 11) is 0. The van der Waals surface area contributed by atoms with Crippen molar-refractivity contribution in [1.82, 2.24) is 14.6 Å². The number of carbonyl (C=O) groups excluding carboxylic acids is 2. The highest BCUT2D eigenvalue weighted by atomic mass is 32.2. The van der Waals surface area contributed by atoms with Crippen LogP contribution >= 0.6 is 11.8 Å². The number of fused-ring (bicyclic) bond motifs is 3. The molecule has 0 saturated carbocycles. The van der Waals surface area contributed by atoms with Crippen LogP contribution in [-0.4, -0.2) is 32.0 Å². The Hall–Kier alpha value is -3.19. The van der Waals surface area contributed by atoms with Crippen molar-refractivity contribution in [2.75, 3.05) is 11.1 Å². The first-order chi connectivity index (χ1) is 14.3. The van der Waals surface area contributed by atoms with E-state index in [0.717, 1.165) is 27.7 Å². The van der Waals surface area contributed by atoms with Crippen molar-refractivity contribution in [2.45, 2.75) is 32.9 Å². The van der Waals surface area contributed by atoms with Gasteiger partial charge in [0.05, 0.1) is 11.3 Å². The largest absolute Gasteiger partial charge is 0.325 e. The van der Waals surface area contributed by atoms with Gasteiger partial charge in [-0.15, -0.1) is 10.2 Å². The maximum atomic E-state index is 12.4. The van der Waals surface area contributed by atoms with E-state index in [2.05, 4.69) is 48.4 Å². The third-order valence-corrected chi connectivity index (χ3v) is 5.93. The van der Waals surface area contributed by atoms with Gasteiger partial charge in [0.1, 0.15) is 0 Å². The number of nitrogens with one attached hydrogen (secondary N) is 1. The molecule has 2 heterocycles. The zero-order valence-corrected chi connectivity index (χ0v) is 18.1. The van der Waals surface area contributed by atoms with Crippen LogP contribution in [0.2, 0.25) is 0 Å². The first kappa shape index (κ1) is 20.1. The third-order valence-electron chi connectivity index (χ3n) is 5.00. The smallest absolute Gasteiger partial charge is 0.234 e. The van der Waals surface area contributed by atoms with Crippen LogP contribution in [0.3, 0.4) is 0 Å². The monoisotopic (exact) mass is 418 g/mol. The number of hydrogen-bond acceptors (Lipinski definition) is 5. The SMILES string of the molecule is CC(=O)c1ccc(NC(=O)CSc2nnc3cc(C)c4cc(C)cc(C)c4n23)cc1. The molecule has 0 fully saturated rings. The van der Waals surface area contributed by atoms with Crippen LogP contribution < -0.4 is 5.32 Å². The topological polar surface area (TPSA) is 76.4 Å². The van der Waals surface area contributed by atoms with Crippen LogP contribution in [0.25, 0.3) is 16.6 Å². The lowest BCUT2D eigenvalue weighted by Crippen LogP contribution is -2.14. The third kappa shape index (κ3) is 3.80. The number of amides is 1. The molecule has 0 bridgehead atoms. The normalized spacial score (nSPS) is 11.2.